The number of hydrogen-bond acceptors (Lipinski definition) is 4. The van der Waals surface area contributed by atoms with Gasteiger partial charge in [0.1, 0.15) is 5.60 Å². The molecule has 0 spiro atoms. The van der Waals surface area contributed by atoms with Crippen LogP contribution in [-0.4, -0.2) is 31.7 Å². The predicted octanol–water partition coefficient (Wildman–Crippen LogP) is 3.42. The van der Waals surface area contributed by atoms with Crippen molar-refractivity contribution >= 4 is 23.4 Å². The van der Waals surface area contributed by atoms with Crippen LogP contribution in [0, 0.1) is 0 Å². The number of benzene rings is 2. The summed E-state index contributed by atoms with van der Waals surface area (Å²) >= 11 is 0. The molecular formula is C20H25N3O3. The Bertz CT molecular complexity index is 766. The van der Waals surface area contributed by atoms with E-state index in [0.717, 1.165) is 11.3 Å². The molecule has 2 amide bonds. The molecule has 6 heteroatoms. The smallest absolute Gasteiger partial charge is 0.405 e. The summed E-state index contributed by atoms with van der Waals surface area (Å²) in [6.45, 7) is 3.59. The highest BCUT2D eigenvalue weighted by Gasteiger charge is 2.22. The highest BCUT2D eigenvalue weighted by Crippen LogP contribution is 2.19. The number of carbonyl (C=O) groups is 2. The molecule has 0 unspecified atom stereocenters. The number of amides is 2. The second-order valence-corrected chi connectivity index (χ2v) is 6.95. The Hall–Kier alpha value is -3.02. The molecule has 0 heterocycles. The monoisotopic (exact) mass is 355 g/mol. The summed E-state index contributed by atoms with van der Waals surface area (Å²) in [4.78, 5) is 25.2. The molecule has 0 atom stereocenters. The van der Waals surface area contributed by atoms with E-state index in [1.807, 2.05) is 55.4 Å². The minimum absolute atomic E-state index is 0.166. The summed E-state index contributed by atoms with van der Waals surface area (Å²) in [5.74, 6) is -0.166. The third-order valence-corrected chi connectivity index (χ3v) is 3.86. The van der Waals surface area contributed by atoms with Crippen LogP contribution in [0.4, 0.5) is 16.2 Å². The van der Waals surface area contributed by atoms with Crippen LogP contribution < -0.4 is 16.0 Å². The minimum Gasteiger partial charge on any atom is -0.443 e. The number of primary amides is 1. The zero-order chi connectivity index (χ0) is 19.3. The van der Waals surface area contributed by atoms with Gasteiger partial charge in [-0.2, -0.15) is 0 Å². The number of nitrogens with zero attached hydrogens (tertiary/aromatic N) is 1. The average Bonchev–Trinajstić information content (AvgIpc) is 2.55. The van der Waals surface area contributed by atoms with Gasteiger partial charge in [0, 0.05) is 37.5 Å². The van der Waals surface area contributed by atoms with Crippen molar-refractivity contribution in [2.45, 2.75) is 25.9 Å². The minimum atomic E-state index is -0.792. The Labute approximate surface area is 153 Å². The number of nitrogens with two attached hydrogens (primary N) is 1. The lowest BCUT2D eigenvalue weighted by Crippen LogP contribution is -2.33. The van der Waals surface area contributed by atoms with E-state index in [1.165, 1.54) is 0 Å². The van der Waals surface area contributed by atoms with Gasteiger partial charge in [-0.15, -0.1) is 0 Å². The van der Waals surface area contributed by atoms with E-state index in [2.05, 4.69) is 5.32 Å². The van der Waals surface area contributed by atoms with Crippen LogP contribution in [0.5, 0.6) is 0 Å². The summed E-state index contributed by atoms with van der Waals surface area (Å²) in [5.41, 5.74) is 7.69. The Morgan fingerprint density at radius 2 is 1.62 bits per heavy atom. The van der Waals surface area contributed by atoms with Gasteiger partial charge in [-0.1, -0.05) is 12.1 Å². The molecular weight excluding hydrogens is 330 g/mol. The number of carbonyl (C=O) groups excluding carboxylic acids is 2. The van der Waals surface area contributed by atoms with E-state index in [9.17, 15) is 9.59 Å². The van der Waals surface area contributed by atoms with Crippen molar-refractivity contribution in [1.29, 1.82) is 0 Å². The first-order valence-electron chi connectivity index (χ1n) is 8.32. The Morgan fingerprint density at radius 1 is 1.04 bits per heavy atom. The van der Waals surface area contributed by atoms with Crippen LogP contribution in [0.3, 0.4) is 0 Å². The number of ether oxygens (including phenoxy) is 1. The van der Waals surface area contributed by atoms with Crippen LogP contribution >= 0.6 is 0 Å². The fraction of sp³-hybridized carbons (Fsp3) is 0.300. The molecule has 26 heavy (non-hydrogen) atoms. The standard InChI is InChI=1S/C20H25N3O3/c1-20(2,26-19(21)25)13-14-5-9-16(10-6-14)22-18(24)15-7-11-17(12-8-15)23(3)4/h5-12H,13H2,1-4H3,(H2,21,25)(H,22,24). The SMILES string of the molecule is CN(C)c1ccc(C(=O)Nc2ccc(CC(C)(C)OC(N)=O)cc2)cc1. The molecule has 0 aliphatic rings. The third-order valence-electron chi connectivity index (χ3n) is 3.86. The predicted molar refractivity (Wildman–Crippen MR) is 104 cm³/mol. The fourth-order valence-electron chi connectivity index (χ4n) is 2.62. The molecule has 0 bridgehead atoms. The van der Waals surface area contributed by atoms with E-state index in [0.29, 0.717) is 17.7 Å². The zero-order valence-electron chi connectivity index (χ0n) is 15.6. The van der Waals surface area contributed by atoms with Crippen LogP contribution in [0.15, 0.2) is 48.5 Å². The van der Waals surface area contributed by atoms with E-state index in [-0.39, 0.29) is 5.91 Å². The maximum atomic E-state index is 12.3. The summed E-state index contributed by atoms with van der Waals surface area (Å²) in [5, 5.41) is 2.87. The van der Waals surface area contributed by atoms with Crippen molar-refractivity contribution in [1.82, 2.24) is 0 Å². The first-order chi connectivity index (χ1) is 12.2. The van der Waals surface area contributed by atoms with Crippen LogP contribution in [0.25, 0.3) is 0 Å². The largest absolute Gasteiger partial charge is 0.443 e. The van der Waals surface area contributed by atoms with Crippen molar-refractivity contribution in [2.24, 2.45) is 5.73 Å². The van der Waals surface area contributed by atoms with Crippen molar-refractivity contribution in [3.8, 4) is 0 Å². The maximum absolute atomic E-state index is 12.3. The van der Waals surface area contributed by atoms with E-state index in [1.54, 1.807) is 26.0 Å². The lowest BCUT2D eigenvalue weighted by atomic mass is 9.98. The highest BCUT2D eigenvalue weighted by atomic mass is 16.6. The second kappa shape index (κ2) is 7.91. The second-order valence-electron chi connectivity index (χ2n) is 6.95. The van der Waals surface area contributed by atoms with E-state index >= 15 is 0 Å². The number of rotatable bonds is 6. The average molecular weight is 355 g/mol. The van der Waals surface area contributed by atoms with Crippen LogP contribution in [0.1, 0.15) is 29.8 Å². The molecule has 0 fully saturated rings. The molecule has 2 aromatic carbocycles. The number of anilines is 2. The van der Waals surface area contributed by atoms with Gasteiger partial charge in [0.05, 0.1) is 0 Å². The van der Waals surface area contributed by atoms with Gasteiger partial charge in [-0.25, -0.2) is 4.79 Å². The van der Waals surface area contributed by atoms with Gasteiger partial charge in [-0.05, 0) is 55.8 Å². The summed E-state index contributed by atoms with van der Waals surface area (Å²) in [6.07, 6.45) is -0.268. The van der Waals surface area contributed by atoms with Gasteiger partial charge in [-0.3, -0.25) is 4.79 Å². The van der Waals surface area contributed by atoms with E-state index in [4.69, 9.17) is 10.5 Å². The normalized spacial score (nSPS) is 10.9. The van der Waals surface area contributed by atoms with Crippen molar-refractivity contribution in [3.05, 3.63) is 59.7 Å². The molecule has 138 valence electrons. The van der Waals surface area contributed by atoms with Crippen molar-refractivity contribution in [2.75, 3.05) is 24.3 Å². The summed E-state index contributed by atoms with van der Waals surface area (Å²) in [7, 11) is 3.90. The van der Waals surface area contributed by atoms with Gasteiger partial charge in [0.2, 0.25) is 0 Å². The molecule has 0 aliphatic heterocycles. The molecule has 0 radical (unpaired) electrons. The Balaban J connectivity index is 2.00. The molecule has 3 N–H and O–H groups in total. The first-order valence-corrected chi connectivity index (χ1v) is 8.32. The Kier molecular flexibility index (Phi) is 5.87. The van der Waals surface area contributed by atoms with Crippen LogP contribution in [-0.2, 0) is 11.2 Å². The van der Waals surface area contributed by atoms with Crippen LogP contribution in [0.2, 0.25) is 0 Å². The van der Waals surface area contributed by atoms with Gasteiger partial charge >= 0.3 is 6.09 Å². The number of nitrogens with one attached hydrogen (secondary N) is 1. The third kappa shape index (κ3) is 5.51. The molecule has 6 nitrogen and oxygen atoms in total. The fourth-order valence-corrected chi connectivity index (χ4v) is 2.62. The first kappa shape index (κ1) is 19.3. The summed E-state index contributed by atoms with van der Waals surface area (Å²) in [6, 6.07) is 14.8. The summed E-state index contributed by atoms with van der Waals surface area (Å²) < 4.78 is 5.09. The van der Waals surface area contributed by atoms with Gasteiger partial charge < -0.3 is 20.7 Å². The lowest BCUT2D eigenvalue weighted by Gasteiger charge is -2.24. The molecule has 0 aromatic heterocycles. The molecule has 2 rings (SSSR count). The number of hydrogen-bond donors (Lipinski definition) is 2. The highest BCUT2D eigenvalue weighted by molar-refractivity contribution is 6.04. The van der Waals surface area contributed by atoms with Gasteiger partial charge in [0.15, 0.2) is 0 Å². The zero-order valence-corrected chi connectivity index (χ0v) is 15.6. The van der Waals surface area contributed by atoms with E-state index < -0.39 is 11.7 Å². The van der Waals surface area contributed by atoms with Gasteiger partial charge in [0.25, 0.3) is 5.91 Å². The Morgan fingerprint density at radius 3 is 2.12 bits per heavy atom. The van der Waals surface area contributed by atoms with Crippen molar-refractivity contribution in [3.63, 3.8) is 0 Å². The molecule has 0 saturated heterocycles. The molecule has 2 aromatic rings. The quantitative estimate of drug-likeness (QED) is 0.831. The molecule has 0 aliphatic carbocycles. The molecule has 0 saturated carbocycles. The topological polar surface area (TPSA) is 84.7 Å². The van der Waals surface area contributed by atoms with Crippen molar-refractivity contribution < 1.29 is 14.3 Å². The lowest BCUT2D eigenvalue weighted by molar-refractivity contribution is 0.0460. The maximum Gasteiger partial charge on any atom is 0.405 e.